The van der Waals surface area contributed by atoms with Crippen molar-refractivity contribution in [3.05, 3.63) is 35.4 Å². The van der Waals surface area contributed by atoms with Crippen molar-refractivity contribution < 1.29 is 4.79 Å². The van der Waals surface area contributed by atoms with Crippen molar-refractivity contribution in [3.8, 4) is 6.07 Å². The molecule has 2 rings (SSSR count). The molecular formula is C12H13N3O. The maximum absolute atomic E-state index is 11.7. The van der Waals surface area contributed by atoms with Crippen molar-refractivity contribution in [1.29, 1.82) is 5.26 Å². The molecule has 0 spiro atoms. The second-order valence-corrected chi connectivity index (χ2v) is 4.09. The fourth-order valence-electron chi connectivity index (χ4n) is 1.74. The highest BCUT2D eigenvalue weighted by molar-refractivity contribution is 5.94. The van der Waals surface area contributed by atoms with Crippen LogP contribution in [0, 0.1) is 11.3 Å². The van der Waals surface area contributed by atoms with Gasteiger partial charge in [0.05, 0.1) is 11.6 Å². The zero-order chi connectivity index (χ0) is 11.5. The highest BCUT2D eigenvalue weighted by atomic mass is 16.1. The Kier molecular flexibility index (Phi) is 2.88. The van der Waals surface area contributed by atoms with Crippen molar-refractivity contribution in [2.45, 2.75) is 24.9 Å². The van der Waals surface area contributed by atoms with E-state index in [-0.39, 0.29) is 18.0 Å². The first-order chi connectivity index (χ1) is 7.69. The molecule has 1 aromatic carbocycles. The van der Waals surface area contributed by atoms with Crippen molar-refractivity contribution >= 4 is 5.91 Å². The van der Waals surface area contributed by atoms with Gasteiger partial charge in [-0.25, -0.2) is 0 Å². The Labute approximate surface area is 94.1 Å². The molecule has 0 bridgehead atoms. The van der Waals surface area contributed by atoms with E-state index in [0.717, 1.165) is 12.8 Å². The molecule has 1 aliphatic carbocycles. The monoisotopic (exact) mass is 215 g/mol. The van der Waals surface area contributed by atoms with Crippen LogP contribution >= 0.6 is 0 Å². The molecule has 0 heterocycles. The van der Waals surface area contributed by atoms with Gasteiger partial charge in [-0.3, -0.25) is 4.79 Å². The molecule has 1 fully saturated rings. The molecule has 0 radical (unpaired) electrons. The third kappa shape index (κ3) is 2.20. The summed E-state index contributed by atoms with van der Waals surface area (Å²) in [6, 6.07) is 9.05. The third-order valence-corrected chi connectivity index (χ3v) is 2.79. The highest BCUT2D eigenvalue weighted by Gasteiger charge is 2.27. The Morgan fingerprint density at radius 3 is 2.50 bits per heavy atom. The van der Waals surface area contributed by atoms with Crippen molar-refractivity contribution in [2.24, 2.45) is 5.73 Å². The van der Waals surface area contributed by atoms with E-state index >= 15 is 0 Å². The number of nitrogens with one attached hydrogen (secondary N) is 1. The van der Waals surface area contributed by atoms with Gasteiger partial charge in [0.2, 0.25) is 0 Å². The summed E-state index contributed by atoms with van der Waals surface area (Å²) in [5.74, 6) is -0.0959. The summed E-state index contributed by atoms with van der Waals surface area (Å²) in [6.45, 7) is 0. The van der Waals surface area contributed by atoms with Crippen LogP contribution in [0.5, 0.6) is 0 Å². The average Bonchev–Trinajstić information content (AvgIpc) is 2.27. The van der Waals surface area contributed by atoms with Gasteiger partial charge in [-0.05, 0) is 37.1 Å². The SMILES string of the molecule is N#Cc1ccc(C(=O)NC2CC(N)C2)cc1. The predicted octanol–water partition coefficient (Wildman–Crippen LogP) is 0.778. The number of amides is 1. The van der Waals surface area contributed by atoms with Crippen LogP contribution in [-0.2, 0) is 0 Å². The number of hydrogen-bond donors (Lipinski definition) is 2. The Morgan fingerprint density at radius 1 is 1.38 bits per heavy atom. The molecule has 1 saturated carbocycles. The Hall–Kier alpha value is -1.86. The first kappa shape index (κ1) is 10.7. The molecule has 0 aromatic heterocycles. The summed E-state index contributed by atoms with van der Waals surface area (Å²) in [5.41, 5.74) is 6.77. The second-order valence-electron chi connectivity index (χ2n) is 4.09. The molecule has 1 aliphatic rings. The number of nitriles is 1. The van der Waals surface area contributed by atoms with E-state index in [4.69, 9.17) is 11.0 Å². The Morgan fingerprint density at radius 2 is 2.00 bits per heavy atom. The number of carbonyl (C=O) groups excluding carboxylic acids is 1. The highest BCUT2D eigenvalue weighted by Crippen LogP contribution is 2.17. The average molecular weight is 215 g/mol. The lowest BCUT2D eigenvalue weighted by molar-refractivity contribution is 0.0910. The first-order valence-corrected chi connectivity index (χ1v) is 5.25. The van der Waals surface area contributed by atoms with E-state index in [2.05, 4.69) is 5.32 Å². The summed E-state index contributed by atoms with van der Waals surface area (Å²) in [6.07, 6.45) is 1.70. The summed E-state index contributed by atoms with van der Waals surface area (Å²) >= 11 is 0. The van der Waals surface area contributed by atoms with E-state index in [0.29, 0.717) is 11.1 Å². The predicted molar refractivity (Wildman–Crippen MR) is 59.6 cm³/mol. The lowest BCUT2D eigenvalue weighted by Gasteiger charge is -2.32. The number of nitrogens with zero attached hydrogens (tertiary/aromatic N) is 1. The molecule has 3 N–H and O–H groups in total. The van der Waals surface area contributed by atoms with Crippen molar-refractivity contribution in [2.75, 3.05) is 0 Å². The number of nitrogens with two attached hydrogens (primary N) is 1. The van der Waals surface area contributed by atoms with Crippen LogP contribution in [0.2, 0.25) is 0 Å². The van der Waals surface area contributed by atoms with Gasteiger partial charge in [0, 0.05) is 17.6 Å². The normalized spacial score (nSPS) is 23.0. The van der Waals surface area contributed by atoms with Gasteiger partial charge in [-0.15, -0.1) is 0 Å². The maximum Gasteiger partial charge on any atom is 0.251 e. The summed E-state index contributed by atoms with van der Waals surface area (Å²) in [5, 5.41) is 11.5. The maximum atomic E-state index is 11.7. The molecule has 4 heteroatoms. The zero-order valence-electron chi connectivity index (χ0n) is 8.81. The van der Waals surface area contributed by atoms with Crippen molar-refractivity contribution in [3.63, 3.8) is 0 Å². The molecule has 1 amide bonds. The van der Waals surface area contributed by atoms with Gasteiger partial charge in [-0.1, -0.05) is 0 Å². The van der Waals surface area contributed by atoms with Crippen LogP contribution in [0.3, 0.4) is 0 Å². The van der Waals surface area contributed by atoms with Gasteiger partial charge >= 0.3 is 0 Å². The Balaban J connectivity index is 1.96. The fourth-order valence-corrected chi connectivity index (χ4v) is 1.74. The minimum absolute atomic E-state index is 0.0959. The molecule has 0 atom stereocenters. The van der Waals surface area contributed by atoms with E-state index < -0.39 is 0 Å². The van der Waals surface area contributed by atoms with E-state index in [1.165, 1.54) is 0 Å². The van der Waals surface area contributed by atoms with Crippen LogP contribution in [-0.4, -0.2) is 18.0 Å². The molecule has 0 aliphatic heterocycles. The summed E-state index contributed by atoms with van der Waals surface area (Å²) < 4.78 is 0. The van der Waals surface area contributed by atoms with E-state index in [1.54, 1.807) is 24.3 Å². The lowest BCUT2D eigenvalue weighted by atomic mass is 9.87. The first-order valence-electron chi connectivity index (χ1n) is 5.25. The molecule has 16 heavy (non-hydrogen) atoms. The van der Waals surface area contributed by atoms with E-state index in [9.17, 15) is 4.79 Å². The van der Waals surface area contributed by atoms with Gasteiger partial charge in [0.25, 0.3) is 5.91 Å². The Bertz CT molecular complexity index is 427. The topological polar surface area (TPSA) is 78.9 Å². The van der Waals surface area contributed by atoms with Gasteiger partial charge < -0.3 is 11.1 Å². The third-order valence-electron chi connectivity index (χ3n) is 2.79. The largest absolute Gasteiger partial charge is 0.349 e. The molecule has 0 unspecified atom stereocenters. The van der Waals surface area contributed by atoms with Crippen molar-refractivity contribution in [1.82, 2.24) is 5.32 Å². The smallest absolute Gasteiger partial charge is 0.251 e. The number of rotatable bonds is 2. The summed E-state index contributed by atoms with van der Waals surface area (Å²) in [4.78, 5) is 11.7. The molecule has 4 nitrogen and oxygen atoms in total. The van der Waals surface area contributed by atoms with Crippen LogP contribution < -0.4 is 11.1 Å². The molecule has 82 valence electrons. The van der Waals surface area contributed by atoms with E-state index in [1.807, 2.05) is 6.07 Å². The minimum Gasteiger partial charge on any atom is -0.349 e. The number of benzene rings is 1. The van der Waals surface area contributed by atoms with Gasteiger partial charge in [0.15, 0.2) is 0 Å². The van der Waals surface area contributed by atoms with Crippen LogP contribution in [0.25, 0.3) is 0 Å². The molecule has 1 aromatic rings. The standard InChI is InChI=1S/C12H13N3O/c13-7-8-1-3-9(4-2-8)12(16)15-11-5-10(14)6-11/h1-4,10-11H,5-6,14H2,(H,15,16). The number of hydrogen-bond acceptors (Lipinski definition) is 3. The zero-order valence-corrected chi connectivity index (χ0v) is 8.81. The molecule has 0 saturated heterocycles. The lowest BCUT2D eigenvalue weighted by Crippen LogP contribution is -2.50. The fraction of sp³-hybridized carbons (Fsp3) is 0.333. The van der Waals surface area contributed by atoms with Gasteiger partial charge in [-0.2, -0.15) is 5.26 Å². The van der Waals surface area contributed by atoms with Crippen LogP contribution in [0.15, 0.2) is 24.3 Å². The second kappa shape index (κ2) is 4.33. The van der Waals surface area contributed by atoms with Crippen LogP contribution in [0.1, 0.15) is 28.8 Å². The minimum atomic E-state index is -0.0959. The summed E-state index contributed by atoms with van der Waals surface area (Å²) in [7, 11) is 0. The van der Waals surface area contributed by atoms with Crippen LogP contribution in [0.4, 0.5) is 0 Å². The van der Waals surface area contributed by atoms with Gasteiger partial charge in [0.1, 0.15) is 0 Å². The number of carbonyl (C=O) groups is 1. The molecular weight excluding hydrogens is 202 g/mol. The quantitative estimate of drug-likeness (QED) is 0.765.